The molecule has 192 valence electrons. The van der Waals surface area contributed by atoms with Crippen molar-refractivity contribution >= 4 is 51.4 Å². The van der Waals surface area contributed by atoms with Gasteiger partial charge >= 0.3 is 5.97 Å². The van der Waals surface area contributed by atoms with Crippen molar-refractivity contribution in [1.29, 1.82) is 0 Å². The van der Waals surface area contributed by atoms with Crippen molar-refractivity contribution in [2.24, 2.45) is 0 Å². The lowest BCUT2D eigenvalue weighted by molar-refractivity contribution is -0.139. The summed E-state index contributed by atoms with van der Waals surface area (Å²) in [6, 6.07) is 12.3. The molecule has 0 amide bonds. The molecule has 0 saturated carbocycles. The summed E-state index contributed by atoms with van der Waals surface area (Å²) in [5.41, 5.74) is 3.79. The topological polar surface area (TPSA) is 84.4 Å². The van der Waals surface area contributed by atoms with Crippen LogP contribution in [-0.4, -0.2) is 46.1 Å². The quantitative estimate of drug-likeness (QED) is 0.437. The van der Waals surface area contributed by atoms with Crippen LogP contribution in [0.1, 0.15) is 29.7 Å². The van der Waals surface area contributed by atoms with Gasteiger partial charge in [0.2, 0.25) is 5.95 Å². The van der Waals surface area contributed by atoms with Crippen molar-refractivity contribution in [3.8, 4) is 0 Å². The van der Waals surface area contributed by atoms with Crippen LogP contribution in [0, 0.1) is 5.82 Å². The summed E-state index contributed by atoms with van der Waals surface area (Å²) in [4.78, 5) is 23.6. The van der Waals surface area contributed by atoms with E-state index in [1.54, 1.807) is 12.1 Å². The molecular weight excluding hydrogens is 515 g/mol. The van der Waals surface area contributed by atoms with E-state index in [-0.39, 0.29) is 12.1 Å². The second-order valence-corrected chi connectivity index (χ2v) is 10.9. The number of benzene rings is 2. The maximum absolute atomic E-state index is 14.9. The van der Waals surface area contributed by atoms with Crippen LogP contribution in [0.25, 0.3) is 5.57 Å². The number of nitrogens with zero attached hydrogens (tertiary/aromatic N) is 3. The zero-order valence-electron chi connectivity index (χ0n) is 20.3. The number of methoxy groups -OCH3 is 1. The highest BCUT2D eigenvalue weighted by Crippen LogP contribution is 2.33. The van der Waals surface area contributed by atoms with Crippen molar-refractivity contribution in [3.63, 3.8) is 0 Å². The van der Waals surface area contributed by atoms with Crippen molar-refractivity contribution in [2.75, 3.05) is 36.2 Å². The highest BCUT2D eigenvalue weighted by Gasteiger charge is 2.26. The molecule has 2 aromatic carbocycles. The number of anilines is 3. The standard InChI is InChI=1S/C27H26ClFN4O3S/c1-36-24(34)16-17-4-9-22(21(29)15-17)30-26-25-23(3-2-14-37(25)35)31-27(32-26)33-12-10-19(11-13-33)18-5-7-20(28)8-6-18/h4-10,15H,2-3,11-14,16H2,1H3,(H,30,31,32)/t37-/m1/s1. The lowest BCUT2D eigenvalue weighted by Gasteiger charge is -2.28. The van der Waals surface area contributed by atoms with Gasteiger partial charge in [0.25, 0.3) is 0 Å². The molecular formula is C27H26ClFN4O3S. The number of aryl methyl sites for hydroxylation is 1. The Bertz CT molecular complexity index is 1400. The third-order valence-corrected chi connectivity index (χ3v) is 8.26. The van der Waals surface area contributed by atoms with Crippen molar-refractivity contribution in [3.05, 3.63) is 76.2 Å². The third-order valence-electron chi connectivity index (χ3n) is 6.46. The molecule has 0 aliphatic carbocycles. The Morgan fingerprint density at radius 3 is 2.70 bits per heavy atom. The van der Waals surface area contributed by atoms with E-state index in [0.29, 0.717) is 52.5 Å². The van der Waals surface area contributed by atoms with E-state index >= 15 is 0 Å². The molecule has 0 saturated heterocycles. The zero-order chi connectivity index (χ0) is 25.9. The van der Waals surface area contributed by atoms with E-state index in [1.807, 2.05) is 24.3 Å². The first-order valence-electron chi connectivity index (χ1n) is 12.0. The number of halogens is 2. The monoisotopic (exact) mass is 540 g/mol. The minimum atomic E-state index is -1.28. The number of aromatic nitrogens is 2. The minimum absolute atomic E-state index is 0.0226. The van der Waals surface area contributed by atoms with Crippen molar-refractivity contribution in [1.82, 2.24) is 9.97 Å². The highest BCUT2D eigenvalue weighted by molar-refractivity contribution is 7.85. The van der Waals surface area contributed by atoms with Crippen LogP contribution in [0.4, 0.5) is 21.8 Å². The predicted octanol–water partition coefficient (Wildman–Crippen LogP) is 5.08. The second kappa shape index (κ2) is 11.0. The number of nitrogens with one attached hydrogen (secondary N) is 1. The van der Waals surface area contributed by atoms with Crippen molar-refractivity contribution < 1.29 is 18.1 Å². The Kier molecular flexibility index (Phi) is 7.53. The summed E-state index contributed by atoms with van der Waals surface area (Å²) in [5.74, 6) is 0.409. The van der Waals surface area contributed by atoms with Crippen LogP contribution >= 0.6 is 11.6 Å². The van der Waals surface area contributed by atoms with Crippen molar-refractivity contribution in [2.45, 2.75) is 30.6 Å². The number of hydrogen-bond donors (Lipinski definition) is 1. The summed E-state index contributed by atoms with van der Waals surface area (Å²) in [6.45, 7) is 1.34. The average molecular weight is 541 g/mol. The molecule has 0 bridgehead atoms. The second-order valence-electron chi connectivity index (χ2n) is 8.93. The number of esters is 1. The number of fused-ring (bicyclic) bond motifs is 1. The van der Waals surface area contributed by atoms with Gasteiger partial charge in [-0.2, -0.15) is 4.98 Å². The SMILES string of the molecule is COC(=O)Cc1ccc(Nc2nc(N3CC=C(c4ccc(Cl)cc4)CC3)nc3c2[S@](=O)CCC3)c(F)c1. The Hall–Kier alpha value is -3.30. The molecule has 0 spiro atoms. The van der Waals surface area contributed by atoms with Crippen LogP contribution in [0.5, 0.6) is 0 Å². The Morgan fingerprint density at radius 1 is 1.19 bits per heavy atom. The van der Waals surface area contributed by atoms with Gasteiger partial charge in [0, 0.05) is 23.9 Å². The molecule has 10 heteroatoms. The van der Waals surface area contributed by atoms with Crippen LogP contribution in [0.15, 0.2) is 53.4 Å². The Balaban J connectivity index is 1.43. The fourth-order valence-electron chi connectivity index (χ4n) is 4.50. The molecule has 2 aliphatic rings. The van der Waals surface area contributed by atoms with E-state index < -0.39 is 22.6 Å². The van der Waals surface area contributed by atoms with E-state index in [1.165, 1.54) is 18.7 Å². The highest BCUT2D eigenvalue weighted by atomic mass is 35.5. The maximum atomic E-state index is 14.9. The summed E-state index contributed by atoms with van der Waals surface area (Å²) < 4.78 is 32.5. The lowest BCUT2D eigenvalue weighted by atomic mass is 10.00. The average Bonchev–Trinajstić information content (AvgIpc) is 2.90. The molecule has 5 rings (SSSR count). The summed E-state index contributed by atoms with van der Waals surface area (Å²) in [6.07, 6.45) is 4.40. The van der Waals surface area contributed by atoms with E-state index in [0.717, 1.165) is 24.1 Å². The maximum Gasteiger partial charge on any atom is 0.309 e. The van der Waals surface area contributed by atoms with Gasteiger partial charge in [-0.1, -0.05) is 35.9 Å². The van der Waals surface area contributed by atoms with Gasteiger partial charge in [0.15, 0.2) is 5.82 Å². The molecule has 2 aliphatic heterocycles. The number of ether oxygens (including phenoxy) is 1. The van der Waals surface area contributed by atoms with Gasteiger partial charge in [-0.15, -0.1) is 0 Å². The van der Waals surface area contributed by atoms with Crippen LogP contribution in [-0.2, 0) is 33.2 Å². The smallest absolute Gasteiger partial charge is 0.309 e. The van der Waals surface area contributed by atoms with Crippen LogP contribution in [0.3, 0.4) is 0 Å². The van der Waals surface area contributed by atoms with Crippen LogP contribution in [0.2, 0.25) is 5.02 Å². The van der Waals surface area contributed by atoms with Gasteiger partial charge in [-0.25, -0.2) is 9.37 Å². The molecule has 3 heterocycles. The third kappa shape index (κ3) is 5.67. The minimum Gasteiger partial charge on any atom is -0.469 e. The molecule has 0 unspecified atom stereocenters. The molecule has 1 N–H and O–H groups in total. The Morgan fingerprint density at radius 2 is 2.00 bits per heavy atom. The van der Waals surface area contributed by atoms with Gasteiger partial charge in [-0.05, 0) is 60.2 Å². The van der Waals surface area contributed by atoms with Gasteiger partial charge < -0.3 is 15.0 Å². The number of carbonyl (C=O) groups is 1. The van der Waals surface area contributed by atoms with Gasteiger partial charge in [0.05, 0.1) is 35.7 Å². The van der Waals surface area contributed by atoms with Crippen LogP contribution < -0.4 is 10.2 Å². The molecule has 7 nitrogen and oxygen atoms in total. The van der Waals surface area contributed by atoms with E-state index in [2.05, 4.69) is 21.0 Å². The summed E-state index contributed by atoms with van der Waals surface area (Å²) in [7, 11) is 0.0142. The zero-order valence-corrected chi connectivity index (χ0v) is 21.9. The van der Waals surface area contributed by atoms with E-state index in [4.69, 9.17) is 21.6 Å². The summed E-state index contributed by atoms with van der Waals surface area (Å²) >= 11 is 6.02. The summed E-state index contributed by atoms with van der Waals surface area (Å²) in [5, 5.41) is 3.76. The first-order valence-corrected chi connectivity index (χ1v) is 13.7. The molecule has 0 radical (unpaired) electrons. The fourth-order valence-corrected chi connectivity index (χ4v) is 5.96. The first-order chi connectivity index (χ1) is 17.9. The molecule has 0 fully saturated rings. The molecule has 1 aromatic heterocycles. The molecule has 3 aromatic rings. The Labute approximate surface area is 222 Å². The van der Waals surface area contributed by atoms with Gasteiger partial charge in [0.1, 0.15) is 10.7 Å². The number of carbonyl (C=O) groups excluding carboxylic acids is 1. The lowest BCUT2D eigenvalue weighted by Crippen LogP contribution is -2.31. The number of hydrogen-bond acceptors (Lipinski definition) is 7. The molecule has 1 atom stereocenters. The largest absolute Gasteiger partial charge is 0.469 e. The van der Waals surface area contributed by atoms with E-state index in [9.17, 15) is 13.4 Å². The molecule has 37 heavy (non-hydrogen) atoms. The normalized spacial score (nSPS) is 17.1. The number of rotatable bonds is 6. The van der Waals surface area contributed by atoms with Gasteiger partial charge in [-0.3, -0.25) is 9.00 Å². The fraction of sp³-hybridized carbons (Fsp3) is 0.296. The predicted molar refractivity (Wildman–Crippen MR) is 143 cm³/mol. The first kappa shape index (κ1) is 25.4.